The molecule has 0 aliphatic rings. The van der Waals surface area contributed by atoms with Crippen molar-refractivity contribution in [3.05, 3.63) is 35.4 Å². The zero-order chi connectivity index (χ0) is 15.1. The van der Waals surface area contributed by atoms with Crippen LogP contribution in [0.3, 0.4) is 0 Å². The van der Waals surface area contributed by atoms with Gasteiger partial charge in [0.2, 0.25) is 0 Å². The number of aliphatic hydroxyl groups excluding tert-OH is 1. The van der Waals surface area contributed by atoms with Crippen LogP contribution in [0, 0.1) is 0 Å². The van der Waals surface area contributed by atoms with Crippen LogP contribution in [0.5, 0.6) is 0 Å². The van der Waals surface area contributed by atoms with Gasteiger partial charge in [-0.15, -0.1) is 0 Å². The Morgan fingerprint density at radius 1 is 1.15 bits per heavy atom. The van der Waals surface area contributed by atoms with Crippen LogP contribution >= 0.6 is 0 Å². The number of nitrogens with one attached hydrogen (secondary N) is 1. The zero-order valence-corrected chi connectivity index (χ0v) is 12.5. The predicted octanol–water partition coefficient (Wildman–Crippen LogP) is 2.69. The van der Waals surface area contributed by atoms with E-state index < -0.39 is 12.1 Å². The van der Waals surface area contributed by atoms with Crippen LogP contribution in [0.15, 0.2) is 24.3 Å². The number of benzene rings is 1. The molecule has 112 valence electrons. The van der Waals surface area contributed by atoms with E-state index in [1.54, 1.807) is 0 Å². The van der Waals surface area contributed by atoms with Gasteiger partial charge in [0.15, 0.2) is 0 Å². The van der Waals surface area contributed by atoms with Gasteiger partial charge in [0.05, 0.1) is 12.6 Å². The molecule has 0 aliphatic heterocycles. The Morgan fingerprint density at radius 3 is 2.15 bits per heavy atom. The number of carboxylic acids is 1. The van der Waals surface area contributed by atoms with Gasteiger partial charge in [-0.1, -0.05) is 45.0 Å². The van der Waals surface area contributed by atoms with E-state index in [1.165, 1.54) is 5.56 Å². The molecule has 4 heteroatoms. The van der Waals surface area contributed by atoms with Crippen LogP contribution in [-0.2, 0) is 4.79 Å². The number of hydrogen-bond acceptors (Lipinski definition) is 3. The molecule has 1 aromatic rings. The van der Waals surface area contributed by atoms with Gasteiger partial charge in [-0.3, -0.25) is 4.79 Å². The van der Waals surface area contributed by atoms with Crippen molar-refractivity contribution in [2.75, 3.05) is 6.54 Å². The average molecular weight is 279 g/mol. The first-order chi connectivity index (χ1) is 9.49. The average Bonchev–Trinajstić information content (AvgIpc) is 2.46. The van der Waals surface area contributed by atoms with E-state index >= 15 is 0 Å². The molecule has 1 rings (SSSR count). The fraction of sp³-hybridized carbons (Fsp3) is 0.562. The SMILES string of the molecule is CCC(C)c1ccc(C(O)C(CC)NCC(=O)O)cc1. The lowest BCUT2D eigenvalue weighted by molar-refractivity contribution is -0.136. The van der Waals surface area contributed by atoms with Crippen LogP contribution in [0.2, 0.25) is 0 Å². The first-order valence-corrected chi connectivity index (χ1v) is 7.22. The van der Waals surface area contributed by atoms with Gasteiger partial charge in [-0.05, 0) is 29.9 Å². The largest absolute Gasteiger partial charge is 0.480 e. The molecule has 0 bridgehead atoms. The van der Waals surface area contributed by atoms with Gasteiger partial charge < -0.3 is 15.5 Å². The van der Waals surface area contributed by atoms with Gasteiger partial charge in [-0.25, -0.2) is 0 Å². The number of carboxylic acid groups (broad SMARTS) is 1. The smallest absolute Gasteiger partial charge is 0.317 e. The minimum atomic E-state index is -0.914. The molecule has 0 saturated heterocycles. The topological polar surface area (TPSA) is 69.6 Å². The third kappa shape index (κ3) is 4.62. The molecule has 20 heavy (non-hydrogen) atoms. The highest BCUT2D eigenvalue weighted by atomic mass is 16.4. The summed E-state index contributed by atoms with van der Waals surface area (Å²) in [6.07, 6.45) is 1.06. The Kier molecular flexibility index (Phi) is 6.68. The normalized spacial score (nSPS) is 15.6. The van der Waals surface area contributed by atoms with E-state index in [2.05, 4.69) is 19.2 Å². The van der Waals surface area contributed by atoms with Crippen molar-refractivity contribution in [1.82, 2.24) is 5.32 Å². The number of carbonyl (C=O) groups is 1. The second kappa shape index (κ2) is 8.02. The van der Waals surface area contributed by atoms with Crippen LogP contribution in [0.25, 0.3) is 0 Å². The number of rotatable bonds is 8. The summed E-state index contributed by atoms with van der Waals surface area (Å²) in [6, 6.07) is 7.68. The summed E-state index contributed by atoms with van der Waals surface area (Å²) in [5.41, 5.74) is 2.08. The summed E-state index contributed by atoms with van der Waals surface area (Å²) in [5.74, 6) is -0.406. The number of hydrogen-bond donors (Lipinski definition) is 3. The maximum Gasteiger partial charge on any atom is 0.317 e. The molecule has 3 atom stereocenters. The lowest BCUT2D eigenvalue weighted by Gasteiger charge is -2.23. The van der Waals surface area contributed by atoms with E-state index in [4.69, 9.17) is 5.11 Å². The van der Waals surface area contributed by atoms with Crippen LogP contribution < -0.4 is 5.32 Å². The summed E-state index contributed by atoms with van der Waals surface area (Å²) >= 11 is 0. The summed E-state index contributed by atoms with van der Waals surface area (Å²) in [5, 5.41) is 21.9. The zero-order valence-electron chi connectivity index (χ0n) is 12.5. The lowest BCUT2D eigenvalue weighted by atomic mass is 9.94. The van der Waals surface area contributed by atoms with Crippen molar-refractivity contribution < 1.29 is 15.0 Å². The van der Waals surface area contributed by atoms with Crippen molar-refractivity contribution in [1.29, 1.82) is 0 Å². The third-order valence-electron chi connectivity index (χ3n) is 3.80. The van der Waals surface area contributed by atoms with E-state index in [0.29, 0.717) is 12.3 Å². The minimum Gasteiger partial charge on any atom is -0.480 e. The lowest BCUT2D eigenvalue weighted by Crippen LogP contribution is -2.37. The maximum absolute atomic E-state index is 10.6. The Hall–Kier alpha value is -1.39. The molecule has 1 aromatic carbocycles. The van der Waals surface area contributed by atoms with E-state index in [0.717, 1.165) is 12.0 Å². The summed E-state index contributed by atoms with van der Waals surface area (Å²) < 4.78 is 0. The highest BCUT2D eigenvalue weighted by Gasteiger charge is 2.19. The van der Waals surface area contributed by atoms with Gasteiger partial charge in [-0.2, -0.15) is 0 Å². The van der Waals surface area contributed by atoms with Gasteiger partial charge in [0.1, 0.15) is 0 Å². The molecule has 0 aromatic heterocycles. The highest BCUT2D eigenvalue weighted by Crippen LogP contribution is 2.23. The van der Waals surface area contributed by atoms with Crippen LogP contribution in [-0.4, -0.2) is 28.8 Å². The van der Waals surface area contributed by atoms with E-state index in [9.17, 15) is 9.90 Å². The molecular weight excluding hydrogens is 254 g/mol. The summed E-state index contributed by atoms with van der Waals surface area (Å²) in [7, 11) is 0. The summed E-state index contributed by atoms with van der Waals surface area (Å²) in [4.78, 5) is 10.6. The fourth-order valence-corrected chi connectivity index (χ4v) is 2.19. The minimum absolute atomic E-state index is 0.138. The Bertz CT molecular complexity index is 416. The molecule has 0 saturated carbocycles. The van der Waals surface area contributed by atoms with Gasteiger partial charge in [0, 0.05) is 6.04 Å². The molecule has 0 aliphatic carbocycles. The van der Waals surface area contributed by atoms with Crippen molar-refractivity contribution in [3.63, 3.8) is 0 Å². The van der Waals surface area contributed by atoms with E-state index in [-0.39, 0.29) is 12.6 Å². The van der Waals surface area contributed by atoms with Crippen molar-refractivity contribution in [2.24, 2.45) is 0 Å². The molecule has 0 amide bonds. The fourth-order valence-electron chi connectivity index (χ4n) is 2.19. The van der Waals surface area contributed by atoms with Crippen molar-refractivity contribution >= 4 is 5.97 Å². The number of aliphatic carboxylic acids is 1. The molecular formula is C16H25NO3. The molecule has 3 unspecified atom stereocenters. The van der Waals surface area contributed by atoms with Crippen LogP contribution in [0.4, 0.5) is 0 Å². The first-order valence-electron chi connectivity index (χ1n) is 7.22. The quantitative estimate of drug-likeness (QED) is 0.684. The molecule has 0 heterocycles. The molecule has 0 radical (unpaired) electrons. The standard InChI is InChI=1S/C16H25NO3/c1-4-11(3)12-6-8-13(9-7-12)16(20)14(5-2)17-10-15(18)19/h6-9,11,14,16-17,20H,4-5,10H2,1-3H3,(H,18,19). The summed E-state index contributed by atoms with van der Waals surface area (Å²) in [6.45, 7) is 6.11. The second-order valence-corrected chi connectivity index (χ2v) is 5.21. The molecule has 3 N–H and O–H groups in total. The highest BCUT2D eigenvalue weighted by molar-refractivity contribution is 5.69. The molecule has 0 fully saturated rings. The Morgan fingerprint density at radius 2 is 1.70 bits per heavy atom. The Labute approximate surface area is 120 Å². The van der Waals surface area contributed by atoms with Gasteiger partial charge >= 0.3 is 5.97 Å². The van der Waals surface area contributed by atoms with Crippen molar-refractivity contribution in [2.45, 2.75) is 51.7 Å². The number of aliphatic hydroxyl groups is 1. The Balaban J connectivity index is 2.74. The predicted molar refractivity (Wildman–Crippen MR) is 79.8 cm³/mol. The third-order valence-corrected chi connectivity index (χ3v) is 3.80. The molecule has 0 spiro atoms. The monoisotopic (exact) mass is 279 g/mol. The van der Waals surface area contributed by atoms with Crippen LogP contribution in [0.1, 0.15) is 56.8 Å². The first kappa shape index (κ1) is 16.7. The van der Waals surface area contributed by atoms with Gasteiger partial charge in [0.25, 0.3) is 0 Å². The van der Waals surface area contributed by atoms with E-state index in [1.807, 2.05) is 31.2 Å². The second-order valence-electron chi connectivity index (χ2n) is 5.21. The maximum atomic E-state index is 10.6. The molecule has 4 nitrogen and oxygen atoms in total. The van der Waals surface area contributed by atoms with Crippen molar-refractivity contribution in [3.8, 4) is 0 Å².